The summed E-state index contributed by atoms with van der Waals surface area (Å²) in [6, 6.07) is 16.7. The predicted molar refractivity (Wildman–Crippen MR) is 98.1 cm³/mol. The van der Waals surface area contributed by atoms with Crippen molar-refractivity contribution in [3.8, 4) is 11.1 Å². The average molecular weight is 317 g/mol. The number of hydrogen-bond donors (Lipinski definition) is 1. The van der Waals surface area contributed by atoms with Crippen LogP contribution in [0, 0.1) is 0 Å². The molecule has 0 saturated carbocycles. The van der Waals surface area contributed by atoms with Crippen LogP contribution in [0.4, 0.5) is 0 Å². The highest BCUT2D eigenvalue weighted by Crippen LogP contribution is 2.49. The first kappa shape index (κ1) is 14.4. The highest BCUT2D eigenvalue weighted by atomic mass is 16.5. The fourth-order valence-electron chi connectivity index (χ4n) is 4.64. The van der Waals surface area contributed by atoms with Crippen LogP contribution in [0.1, 0.15) is 37.0 Å². The summed E-state index contributed by atoms with van der Waals surface area (Å²) in [6.07, 6.45) is 3.43. The zero-order valence-electron chi connectivity index (χ0n) is 14.3. The minimum atomic E-state index is 0.0778. The van der Waals surface area contributed by atoms with Crippen molar-refractivity contribution in [3.63, 3.8) is 0 Å². The molecular weight excluding hydrogens is 294 g/mol. The van der Waals surface area contributed by atoms with Crippen LogP contribution in [0.5, 0.6) is 0 Å². The standard InChI is InChI=1S/C22H23NO/c1-22(2)20-6-4-3-5-18(20)19-8-7-14(11-21(19)22)15-9-16-12-24-13-17(10-15)23-16/h3-9,11,16-17,23H,10,12-13H2,1-2H3. The zero-order chi connectivity index (χ0) is 16.3. The summed E-state index contributed by atoms with van der Waals surface area (Å²) >= 11 is 0. The van der Waals surface area contributed by atoms with E-state index in [1.807, 2.05) is 0 Å². The van der Waals surface area contributed by atoms with E-state index in [-0.39, 0.29) is 5.41 Å². The number of nitrogens with one attached hydrogen (secondary N) is 1. The Hall–Kier alpha value is -1.90. The fourth-order valence-corrected chi connectivity index (χ4v) is 4.64. The molecule has 1 saturated heterocycles. The van der Waals surface area contributed by atoms with E-state index in [2.05, 4.69) is 67.7 Å². The van der Waals surface area contributed by atoms with Crippen LogP contribution < -0.4 is 5.32 Å². The van der Waals surface area contributed by atoms with Gasteiger partial charge in [0.1, 0.15) is 0 Å². The van der Waals surface area contributed by atoms with Gasteiger partial charge in [-0.3, -0.25) is 0 Å². The average Bonchev–Trinajstić information content (AvgIpc) is 2.83. The van der Waals surface area contributed by atoms with Crippen LogP contribution in [0.15, 0.2) is 48.5 Å². The molecule has 2 bridgehead atoms. The smallest absolute Gasteiger partial charge is 0.0656 e. The first-order valence-corrected chi connectivity index (χ1v) is 8.92. The second kappa shape index (κ2) is 5.05. The number of benzene rings is 2. The minimum absolute atomic E-state index is 0.0778. The van der Waals surface area contributed by atoms with Gasteiger partial charge in [0, 0.05) is 17.5 Å². The lowest BCUT2D eigenvalue weighted by atomic mass is 9.81. The molecule has 2 atom stereocenters. The van der Waals surface area contributed by atoms with E-state index >= 15 is 0 Å². The van der Waals surface area contributed by atoms with Crippen LogP contribution in [0.25, 0.3) is 16.7 Å². The largest absolute Gasteiger partial charge is 0.378 e. The van der Waals surface area contributed by atoms with Gasteiger partial charge in [-0.2, -0.15) is 0 Å². The summed E-state index contributed by atoms with van der Waals surface area (Å²) in [5, 5.41) is 3.63. The van der Waals surface area contributed by atoms with Crippen molar-refractivity contribution < 1.29 is 4.74 Å². The molecule has 24 heavy (non-hydrogen) atoms. The quantitative estimate of drug-likeness (QED) is 0.853. The Morgan fingerprint density at radius 2 is 1.83 bits per heavy atom. The lowest BCUT2D eigenvalue weighted by Crippen LogP contribution is -2.50. The number of fused-ring (bicyclic) bond motifs is 5. The van der Waals surface area contributed by atoms with Gasteiger partial charge in [0.25, 0.3) is 0 Å². The van der Waals surface area contributed by atoms with Crippen molar-refractivity contribution in [2.75, 3.05) is 13.2 Å². The summed E-state index contributed by atoms with van der Waals surface area (Å²) in [4.78, 5) is 0. The molecule has 2 heterocycles. The molecule has 0 aromatic heterocycles. The van der Waals surface area contributed by atoms with Crippen LogP contribution in [-0.2, 0) is 10.2 Å². The molecule has 2 nitrogen and oxygen atoms in total. The van der Waals surface area contributed by atoms with Gasteiger partial charge in [-0.1, -0.05) is 56.3 Å². The monoisotopic (exact) mass is 317 g/mol. The molecule has 3 aliphatic rings. The van der Waals surface area contributed by atoms with Gasteiger partial charge in [0.2, 0.25) is 0 Å². The van der Waals surface area contributed by atoms with Crippen molar-refractivity contribution >= 4 is 5.57 Å². The van der Waals surface area contributed by atoms with E-state index in [4.69, 9.17) is 4.74 Å². The molecule has 2 aromatic rings. The van der Waals surface area contributed by atoms with Gasteiger partial charge < -0.3 is 10.1 Å². The normalized spacial score (nSPS) is 26.5. The Morgan fingerprint density at radius 3 is 2.71 bits per heavy atom. The van der Waals surface area contributed by atoms with E-state index in [0.717, 1.165) is 19.6 Å². The van der Waals surface area contributed by atoms with E-state index in [9.17, 15) is 0 Å². The number of rotatable bonds is 1. The summed E-state index contributed by atoms with van der Waals surface area (Å²) in [7, 11) is 0. The zero-order valence-corrected chi connectivity index (χ0v) is 14.3. The second-order valence-corrected chi connectivity index (χ2v) is 7.83. The SMILES string of the molecule is CC1(C)c2ccccc2-c2ccc(C3=CC4COCC(C3)N4)cc21. The van der Waals surface area contributed by atoms with Gasteiger partial charge >= 0.3 is 0 Å². The van der Waals surface area contributed by atoms with Crippen molar-refractivity contribution in [1.29, 1.82) is 0 Å². The summed E-state index contributed by atoms with van der Waals surface area (Å²) < 4.78 is 5.66. The first-order chi connectivity index (χ1) is 11.6. The maximum atomic E-state index is 5.66. The number of morpholine rings is 1. The van der Waals surface area contributed by atoms with Crippen molar-refractivity contribution in [2.24, 2.45) is 0 Å². The highest BCUT2D eigenvalue weighted by Gasteiger charge is 2.35. The third kappa shape index (κ3) is 2.03. The summed E-state index contributed by atoms with van der Waals surface area (Å²) in [5.41, 5.74) is 8.64. The van der Waals surface area contributed by atoms with E-state index in [1.165, 1.54) is 33.4 Å². The Morgan fingerprint density at radius 1 is 1.00 bits per heavy atom. The van der Waals surface area contributed by atoms with Crippen LogP contribution in [-0.4, -0.2) is 25.3 Å². The molecular formula is C22H23NO. The van der Waals surface area contributed by atoms with Gasteiger partial charge in [0.05, 0.1) is 13.2 Å². The molecule has 0 radical (unpaired) electrons. The van der Waals surface area contributed by atoms with Crippen molar-refractivity contribution in [2.45, 2.75) is 37.8 Å². The summed E-state index contributed by atoms with van der Waals surface area (Å²) in [5.74, 6) is 0. The van der Waals surface area contributed by atoms with Crippen LogP contribution in [0.3, 0.4) is 0 Å². The van der Waals surface area contributed by atoms with Gasteiger partial charge in [-0.05, 0) is 45.9 Å². The molecule has 2 unspecified atom stereocenters. The lowest BCUT2D eigenvalue weighted by Gasteiger charge is -2.35. The third-order valence-corrected chi connectivity index (χ3v) is 5.89. The summed E-state index contributed by atoms with van der Waals surface area (Å²) in [6.45, 7) is 6.32. The Balaban J connectivity index is 1.61. The molecule has 122 valence electrons. The van der Waals surface area contributed by atoms with Crippen LogP contribution >= 0.6 is 0 Å². The maximum Gasteiger partial charge on any atom is 0.0656 e. The molecule has 1 fully saturated rings. The topological polar surface area (TPSA) is 21.3 Å². The van der Waals surface area contributed by atoms with Crippen molar-refractivity contribution in [1.82, 2.24) is 5.32 Å². The molecule has 1 aliphatic carbocycles. The van der Waals surface area contributed by atoms with Gasteiger partial charge in [-0.25, -0.2) is 0 Å². The molecule has 2 aromatic carbocycles. The first-order valence-electron chi connectivity index (χ1n) is 8.92. The Kier molecular flexibility index (Phi) is 3.04. The highest BCUT2D eigenvalue weighted by molar-refractivity contribution is 5.83. The minimum Gasteiger partial charge on any atom is -0.378 e. The fraction of sp³-hybridized carbons (Fsp3) is 0.364. The predicted octanol–water partition coefficient (Wildman–Crippen LogP) is 4.14. The Bertz CT molecular complexity index is 849. The Labute approximate surface area is 143 Å². The van der Waals surface area contributed by atoms with Gasteiger partial charge in [0.15, 0.2) is 0 Å². The maximum absolute atomic E-state index is 5.66. The van der Waals surface area contributed by atoms with E-state index < -0.39 is 0 Å². The second-order valence-electron chi connectivity index (χ2n) is 7.83. The molecule has 2 aliphatic heterocycles. The number of ether oxygens (including phenoxy) is 1. The van der Waals surface area contributed by atoms with Crippen LogP contribution in [0.2, 0.25) is 0 Å². The molecule has 2 heteroatoms. The van der Waals surface area contributed by atoms with Gasteiger partial charge in [-0.15, -0.1) is 0 Å². The molecule has 0 amide bonds. The lowest BCUT2D eigenvalue weighted by molar-refractivity contribution is 0.0561. The number of hydrogen-bond acceptors (Lipinski definition) is 2. The molecule has 1 N–H and O–H groups in total. The van der Waals surface area contributed by atoms with E-state index in [0.29, 0.717) is 12.1 Å². The third-order valence-electron chi connectivity index (χ3n) is 5.89. The van der Waals surface area contributed by atoms with Crippen molar-refractivity contribution in [3.05, 3.63) is 65.2 Å². The molecule has 0 spiro atoms. The van der Waals surface area contributed by atoms with E-state index in [1.54, 1.807) is 0 Å². The molecule has 5 rings (SSSR count).